The lowest BCUT2D eigenvalue weighted by atomic mass is 9.49. The number of nitrogens with one attached hydrogen (secondary N) is 1. The second-order valence-corrected chi connectivity index (χ2v) is 10.6. The second-order valence-electron chi connectivity index (χ2n) is 10.6. The van der Waals surface area contributed by atoms with Crippen LogP contribution in [0.2, 0.25) is 0 Å². The van der Waals surface area contributed by atoms with E-state index in [1.54, 1.807) is 0 Å². The predicted molar refractivity (Wildman–Crippen MR) is 97.8 cm³/mol. The minimum atomic E-state index is -0.233. The first kappa shape index (κ1) is 17.4. The van der Waals surface area contributed by atoms with Crippen molar-refractivity contribution in [2.45, 2.75) is 78.2 Å². The molecule has 25 heavy (non-hydrogen) atoms. The predicted octanol–water partition coefficient (Wildman–Crippen LogP) is 3.36. The van der Waals surface area contributed by atoms with E-state index in [1.165, 1.54) is 19.3 Å². The van der Waals surface area contributed by atoms with Crippen LogP contribution in [0.3, 0.4) is 0 Å². The van der Waals surface area contributed by atoms with Crippen LogP contribution >= 0.6 is 0 Å². The maximum Gasteiger partial charge on any atom is 0.242 e. The van der Waals surface area contributed by atoms with Crippen LogP contribution < -0.4 is 5.32 Å². The fourth-order valence-electron chi connectivity index (χ4n) is 6.43. The van der Waals surface area contributed by atoms with Crippen molar-refractivity contribution in [2.75, 3.05) is 13.1 Å². The van der Waals surface area contributed by atoms with Crippen molar-refractivity contribution in [1.82, 2.24) is 10.2 Å². The van der Waals surface area contributed by atoms with Gasteiger partial charge in [0.25, 0.3) is 0 Å². The average Bonchev–Trinajstić information content (AvgIpc) is 2.99. The first-order chi connectivity index (χ1) is 11.8. The van der Waals surface area contributed by atoms with Gasteiger partial charge in [0, 0.05) is 13.1 Å². The highest BCUT2D eigenvalue weighted by Crippen LogP contribution is 2.60. The fraction of sp³-hybridized carbons (Fsp3) is 0.905. The summed E-state index contributed by atoms with van der Waals surface area (Å²) < 4.78 is 0. The molecule has 0 aromatic rings. The van der Waals surface area contributed by atoms with E-state index in [0.29, 0.717) is 12.5 Å². The molecule has 140 valence electrons. The number of likely N-dealkylation sites (tertiary alicyclic amines) is 1. The number of carbonyl (C=O) groups excluding carboxylic acids is 2. The summed E-state index contributed by atoms with van der Waals surface area (Å²) in [7, 11) is 0. The molecular weight excluding hydrogens is 312 g/mol. The minimum absolute atomic E-state index is 0.0607. The van der Waals surface area contributed by atoms with Gasteiger partial charge < -0.3 is 10.2 Å². The molecule has 4 nitrogen and oxygen atoms in total. The van der Waals surface area contributed by atoms with E-state index in [0.717, 1.165) is 56.4 Å². The topological polar surface area (TPSA) is 49.4 Å². The highest BCUT2D eigenvalue weighted by Gasteiger charge is 2.56. The van der Waals surface area contributed by atoms with Crippen molar-refractivity contribution < 1.29 is 9.59 Å². The zero-order valence-corrected chi connectivity index (χ0v) is 16.1. The van der Waals surface area contributed by atoms with Crippen LogP contribution in [-0.2, 0) is 9.59 Å². The molecule has 4 bridgehead atoms. The Hall–Kier alpha value is -1.06. The smallest absolute Gasteiger partial charge is 0.242 e. The van der Waals surface area contributed by atoms with Gasteiger partial charge in [-0.3, -0.25) is 9.59 Å². The number of amides is 2. The Labute approximate surface area is 152 Å². The number of hydrogen-bond acceptors (Lipinski definition) is 2. The van der Waals surface area contributed by atoms with Crippen LogP contribution in [0.25, 0.3) is 0 Å². The molecule has 5 rings (SSSR count). The van der Waals surface area contributed by atoms with E-state index in [4.69, 9.17) is 0 Å². The third-order valence-corrected chi connectivity index (χ3v) is 7.10. The molecule has 5 aliphatic rings. The second kappa shape index (κ2) is 5.99. The third-order valence-electron chi connectivity index (χ3n) is 7.10. The van der Waals surface area contributed by atoms with Crippen molar-refractivity contribution in [3.05, 3.63) is 0 Å². The van der Waals surface area contributed by atoms with Crippen molar-refractivity contribution in [3.8, 4) is 0 Å². The van der Waals surface area contributed by atoms with Gasteiger partial charge in [-0.2, -0.15) is 0 Å². The molecule has 2 amide bonds. The van der Waals surface area contributed by atoms with Gasteiger partial charge in [-0.25, -0.2) is 0 Å². The van der Waals surface area contributed by atoms with E-state index in [-0.39, 0.29) is 22.8 Å². The van der Waals surface area contributed by atoms with E-state index in [9.17, 15) is 9.59 Å². The van der Waals surface area contributed by atoms with Gasteiger partial charge in [-0.15, -0.1) is 0 Å². The molecule has 0 radical (unpaired) electrons. The van der Waals surface area contributed by atoms with Gasteiger partial charge in [0.2, 0.25) is 11.8 Å². The van der Waals surface area contributed by atoms with Crippen molar-refractivity contribution in [2.24, 2.45) is 28.6 Å². The van der Waals surface area contributed by atoms with Crippen LogP contribution in [0.15, 0.2) is 0 Å². The van der Waals surface area contributed by atoms with Crippen molar-refractivity contribution >= 4 is 11.8 Å². The summed E-state index contributed by atoms with van der Waals surface area (Å²) in [5.41, 5.74) is -0.0509. The minimum Gasteiger partial charge on any atom is -0.354 e. The van der Waals surface area contributed by atoms with E-state index >= 15 is 0 Å². The van der Waals surface area contributed by atoms with Gasteiger partial charge in [-0.1, -0.05) is 20.8 Å². The number of nitrogens with zero attached hydrogens (tertiary/aromatic N) is 1. The number of rotatable bonds is 3. The van der Waals surface area contributed by atoms with Gasteiger partial charge in [0.1, 0.15) is 6.04 Å². The molecule has 4 aliphatic carbocycles. The molecule has 1 N–H and O–H groups in total. The lowest BCUT2D eigenvalue weighted by molar-refractivity contribution is -0.160. The Kier molecular flexibility index (Phi) is 4.16. The van der Waals surface area contributed by atoms with Crippen LogP contribution in [0.1, 0.15) is 72.1 Å². The lowest BCUT2D eigenvalue weighted by Gasteiger charge is -2.56. The molecule has 0 aromatic heterocycles. The summed E-state index contributed by atoms with van der Waals surface area (Å²) in [4.78, 5) is 28.3. The highest BCUT2D eigenvalue weighted by molar-refractivity contribution is 5.91. The Morgan fingerprint density at radius 1 is 1.04 bits per heavy atom. The standard InChI is InChI=1S/C21H34N2O2/c1-20(2,3)13-22-18(24)17-5-4-6-23(17)19(25)21-10-14-7-15(11-21)9-16(8-14)12-21/h14-17H,4-13H2,1-3H3,(H,22,24). The van der Waals surface area contributed by atoms with Crippen LogP contribution in [0, 0.1) is 28.6 Å². The summed E-state index contributed by atoms with van der Waals surface area (Å²) in [6.45, 7) is 7.82. The Morgan fingerprint density at radius 2 is 1.60 bits per heavy atom. The Balaban J connectivity index is 1.47. The van der Waals surface area contributed by atoms with E-state index in [2.05, 4.69) is 26.1 Å². The molecule has 1 unspecified atom stereocenters. The molecule has 0 spiro atoms. The third kappa shape index (κ3) is 3.21. The largest absolute Gasteiger partial charge is 0.354 e. The summed E-state index contributed by atoms with van der Waals surface area (Å²) in [6, 6.07) is -0.233. The zero-order chi connectivity index (χ0) is 17.8. The highest BCUT2D eigenvalue weighted by atomic mass is 16.2. The molecule has 5 fully saturated rings. The zero-order valence-electron chi connectivity index (χ0n) is 16.1. The summed E-state index contributed by atoms with van der Waals surface area (Å²) >= 11 is 0. The monoisotopic (exact) mass is 346 g/mol. The van der Waals surface area contributed by atoms with Crippen molar-refractivity contribution in [1.29, 1.82) is 0 Å². The average molecular weight is 347 g/mol. The van der Waals surface area contributed by atoms with Crippen molar-refractivity contribution in [3.63, 3.8) is 0 Å². The summed E-state index contributed by atoms with van der Waals surface area (Å²) in [5.74, 6) is 2.69. The number of carbonyl (C=O) groups is 2. The van der Waals surface area contributed by atoms with Crippen LogP contribution in [0.5, 0.6) is 0 Å². The first-order valence-electron chi connectivity index (χ1n) is 10.3. The van der Waals surface area contributed by atoms with Gasteiger partial charge in [0.15, 0.2) is 0 Å². The fourth-order valence-corrected chi connectivity index (χ4v) is 6.43. The normalized spacial score (nSPS) is 39.7. The SMILES string of the molecule is CC(C)(C)CNC(=O)C1CCCN1C(=O)C12CC3CC(CC(C3)C1)C2. The first-order valence-corrected chi connectivity index (χ1v) is 10.3. The van der Waals surface area contributed by atoms with Crippen LogP contribution in [-0.4, -0.2) is 35.8 Å². The molecule has 4 heteroatoms. The molecule has 4 saturated carbocycles. The molecule has 1 aliphatic heterocycles. The molecule has 1 saturated heterocycles. The molecule has 0 aromatic carbocycles. The van der Waals surface area contributed by atoms with Gasteiger partial charge in [0.05, 0.1) is 5.41 Å². The van der Waals surface area contributed by atoms with Gasteiger partial charge >= 0.3 is 0 Å². The van der Waals surface area contributed by atoms with Crippen LogP contribution in [0.4, 0.5) is 0 Å². The van der Waals surface area contributed by atoms with E-state index in [1.807, 2.05) is 4.90 Å². The summed E-state index contributed by atoms with van der Waals surface area (Å²) in [5, 5.41) is 3.09. The molecule has 1 atom stereocenters. The lowest BCUT2D eigenvalue weighted by Crippen LogP contribution is -2.57. The maximum atomic E-state index is 13.6. The Bertz CT molecular complexity index is 527. The number of hydrogen-bond donors (Lipinski definition) is 1. The Morgan fingerprint density at radius 3 is 2.12 bits per heavy atom. The summed E-state index contributed by atoms with van der Waals surface area (Å²) in [6.07, 6.45) is 9.10. The van der Waals surface area contributed by atoms with Gasteiger partial charge in [-0.05, 0) is 74.5 Å². The maximum absolute atomic E-state index is 13.6. The molecular formula is C21H34N2O2. The van der Waals surface area contributed by atoms with E-state index < -0.39 is 0 Å². The quantitative estimate of drug-likeness (QED) is 0.852. The molecule has 1 heterocycles.